The minimum absolute atomic E-state index is 0.313. The highest BCUT2D eigenvalue weighted by Gasteiger charge is 2.17. The van der Waals surface area contributed by atoms with Gasteiger partial charge in [0.05, 0.1) is 0 Å². The molecule has 0 spiro atoms. The van der Waals surface area contributed by atoms with Gasteiger partial charge in [0.15, 0.2) is 0 Å². The number of rotatable bonds is 8. The number of benzene rings is 1. The molecule has 19 heavy (non-hydrogen) atoms. The van der Waals surface area contributed by atoms with Crippen LogP contribution in [0.4, 0.5) is 0 Å². The van der Waals surface area contributed by atoms with Gasteiger partial charge in [-0.3, -0.25) is 4.79 Å². The van der Waals surface area contributed by atoms with Crippen LogP contribution >= 0.6 is 23.5 Å². The average Bonchev–Trinajstić information content (AvgIpc) is 2.37. The third-order valence-electron chi connectivity index (χ3n) is 2.20. The van der Waals surface area contributed by atoms with Gasteiger partial charge < -0.3 is 10.4 Å². The summed E-state index contributed by atoms with van der Waals surface area (Å²) >= 11 is 3.27. The molecule has 1 aromatic rings. The van der Waals surface area contributed by atoms with Crippen molar-refractivity contribution in [1.29, 1.82) is 0 Å². The molecule has 0 heterocycles. The van der Waals surface area contributed by atoms with Gasteiger partial charge in [0.1, 0.15) is 6.04 Å². The predicted molar refractivity (Wildman–Crippen MR) is 79.7 cm³/mol. The van der Waals surface area contributed by atoms with Gasteiger partial charge >= 0.3 is 5.97 Å². The van der Waals surface area contributed by atoms with Crippen LogP contribution in [0.5, 0.6) is 0 Å². The molecule has 0 radical (unpaired) electrons. The molecule has 1 atom stereocenters. The van der Waals surface area contributed by atoms with Crippen LogP contribution in [0.2, 0.25) is 0 Å². The third-order valence-corrected chi connectivity index (χ3v) is 4.53. The van der Waals surface area contributed by atoms with Gasteiger partial charge in [0.2, 0.25) is 5.91 Å². The molecule has 1 amide bonds. The standard InChI is InChI=1S/C13H17NO3S2/c1-10(15)14-12(13(16)17)9-18-7-8-19-11-5-3-2-4-6-11/h2-6,12H,7-9H2,1H3,(H,14,15)(H,16,17)/t12-/m0/s1. The minimum Gasteiger partial charge on any atom is -0.480 e. The smallest absolute Gasteiger partial charge is 0.327 e. The molecule has 0 aliphatic carbocycles. The van der Waals surface area contributed by atoms with Crippen LogP contribution in [-0.4, -0.2) is 40.3 Å². The minimum atomic E-state index is -0.988. The SMILES string of the molecule is CC(=O)N[C@@H](CSCCSc1ccccc1)C(=O)O. The summed E-state index contributed by atoms with van der Waals surface area (Å²) in [6, 6.07) is 9.26. The molecule has 2 N–H and O–H groups in total. The molecule has 0 saturated heterocycles. The van der Waals surface area contributed by atoms with Gasteiger partial charge in [-0.2, -0.15) is 11.8 Å². The summed E-state index contributed by atoms with van der Waals surface area (Å²) in [5.74, 6) is 0.860. The maximum atomic E-state index is 10.9. The van der Waals surface area contributed by atoms with Crippen molar-refractivity contribution in [3.63, 3.8) is 0 Å². The van der Waals surface area contributed by atoms with Gasteiger partial charge in [-0.1, -0.05) is 18.2 Å². The van der Waals surface area contributed by atoms with E-state index in [0.717, 1.165) is 11.5 Å². The Morgan fingerprint density at radius 2 is 1.95 bits per heavy atom. The van der Waals surface area contributed by atoms with E-state index in [1.807, 2.05) is 30.3 Å². The number of aliphatic carboxylic acids is 1. The lowest BCUT2D eigenvalue weighted by molar-refractivity contribution is -0.140. The van der Waals surface area contributed by atoms with Crippen molar-refractivity contribution < 1.29 is 14.7 Å². The van der Waals surface area contributed by atoms with Crippen LogP contribution in [0.3, 0.4) is 0 Å². The fourth-order valence-electron chi connectivity index (χ4n) is 1.36. The highest BCUT2D eigenvalue weighted by Crippen LogP contribution is 2.18. The first-order chi connectivity index (χ1) is 9.09. The van der Waals surface area contributed by atoms with Gasteiger partial charge in [-0.25, -0.2) is 4.79 Å². The summed E-state index contributed by atoms with van der Waals surface area (Å²) in [4.78, 5) is 22.9. The number of carbonyl (C=O) groups is 2. The Hall–Kier alpha value is -1.14. The van der Waals surface area contributed by atoms with E-state index in [1.54, 1.807) is 11.8 Å². The van der Waals surface area contributed by atoms with E-state index in [9.17, 15) is 9.59 Å². The first kappa shape index (κ1) is 15.9. The Morgan fingerprint density at radius 1 is 1.26 bits per heavy atom. The number of amides is 1. The van der Waals surface area contributed by atoms with Crippen LogP contribution < -0.4 is 5.32 Å². The zero-order valence-corrected chi connectivity index (χ0v) is 12.3. The third kappa shape index (κ3) is 7.12. The van der Waals surface area contributed by atoms with Crippen molar-refractivity contribution in [3.8, 4) is 0 Å². The molecule has 0 aromatic heterocycles. The fraction of sp³-hybridized carbons (Fsp3) is 0.385. The Bertz CT molecular complexity index is 412. The normalized spacial score (nSPS) is 11.8. The average molecular weight is 299 g/mol. The molecule has 0 unspecified atom stereocenters. The van der Waals surface area contributed by atoms with Crippen LogP contribution in [0.15, 0.2) is 35.2 Å². The maximum absolute atomic E-state index is 10.9. The van der Waals surface area contributed by atoms with E-state index in [-0.39, 0.29) is 5.91 Å². The Kier molecular flexibility index (Phi) is 7.43. The quantitative estimate of drug-likeness (QED) is 0.568. The number of hydrogen-bond donors (Lipinski definition) is 2. The number of thioether (sulfide) groups is 2. The molecule has 0 bridgehead atoms. The Balaban J connectivity index is 2.18. The van der Waals surface area contributed by atoms with Crippen molar-refractivity contribution in [2.75, 3.05) is 17.3 Å². The second-order valence-corrected chi connectivity index (χ2v) is 6.15. The van der Waals surface area contributed by atoms with E-state index in [1.165, 1.54) is 23.6 Å². The maximum Gasteiger partial charge on any atom is 0.327 e. The second-order valence-electron chi connectivity index (χ2n) is 3.83. The summed E-state index contributed by atoms with van der Waals surface area (Å²) in [5, 5.41) is 11.3. The number of carboxylic acid groups (broad SMARTS) is 1. The zero-order valence-electron chi connectivity index (χ0n) is 10.7. The first-order valence-electron chi connectivity index (χ1n) is 5.85. The van der Waals surface area contributed by atoms with Crippen LogP contribution in [0.25, 0.3) is 0 Å². The van der Waals surface area contributed by atoms with Gasteiger partial charge in [-0.15, -0.1) is 11.8 Å². The van der Waals surface area contributed by atoms with E-state index in [4.69, 9.17) is 5.11 Å². The molecule has 0 saturated carbocycles. The largest absolute Gasteiger partial charge is 0.480 e. The lowest BCUT2D eigenvalue weighted by Gasteiger charge is -2.12. The van der Waals surface area contributed by atoms with E-state index >= 15 is 0 Å². The lowest BCUT2D eigenvalue weighted by Crippen LogP contribution is -2.41. The summed E-state index contributed by atoms with van der Waals surface area (Å²) in [6.45, 7) is 1.33. The Labute approximate surface area is 121 Å². The molecular weight excluding hydrogens is 282 g/mol. The van der Waals surface area contributed by atoms with Gasteiger partial charge in [-0.05, 0) is 12.1 Å². The second kappa shape index (κ2) is 8.87. The Morgan fingerprint density at radius 3 is 2.53 bits per heavy atom. The lowest BCUT2D eigenvalue weighted by atomic mass is 10.3. The predicted octanol–water partition coefficient (Wildman–Crippen LogP) is 2.10. The zero-order chi connectivity index (χ0) is 14.1. The van der Waals surface area contributed by atoms with Crippen LogP contribution in [-0.2, 0) is 9.59 Å². The fourth-order valence-corrected chi connectivity index (χ4v) is 3.37. The number of hydrogen-bond acceptors (Lipinski definition) is 4. The highest BCUT2D eigenvalue weighted by molar-refractivity contribution is 8.03. The molecular formula is C13H17NO3S2. The van der Waals surface area contributed by atoms with Gasteiger partial charge in [0.25, 0.3) is 0 Å². The molecule has 0 fully saturated rings. The topological polar surface area (TPSA) is 66.4 Å². The van der Waals surface area contributed by atoms with Crippen molar-refractivity contribution >= 4 is 35.4 Å². The monoisotopic (exact) mass is 299 g/mol. The van der Waals surface area contributed by atoms with Crippen molar-refractivity contribution in [3.05, 3.63) is 30.3 Å². The molecule has 0 aliphatic rings. The van der Waals surface area contributed by atoms with Gasteiger partial charge in [0, 0.05) is 29.1 Å². The van der Waals surface area contributed by atoms with Crippen molar-refractivity contribution in [1.82, 2.24) is 5.32 Å². The van der Waals surface area contributed by atoms with Crippen LogP contribution in [0, 0.1) is 0 Å². The molecule has 1 aromatic carbocycles. The number of nitrogens with one attached hydrogen (secondary N) is 1. The number of carboxylic acids is 1. The first-order valence-corrected chi connectivity index (χ1v) is 7.99. The van der Waals surface area contributed by atoms with Crippen molar-refractivity contribution in [2.45, 2.75) is 17.9 Å². The molecule has 1 rings (SSSR count). The highest BCUT2D eigenvalue weighted by atomic mass is 32.2. The van der Waals surface area contributed by atoms with E-state index < -0.39 is 12.0 Å². The van der Waals surface area contributed by atoms with Crippen molar-refractivity contribution in [2.24, 2.45) is 0 Å². The summed E-state index contributed by atoms with van der Waals surface area (Å²) in [5.41, 5.74) is 0. The summed E-state index contributed by atoms with van der Waals surface area (Å²) < 4.78 is 0. The summed E-state index contributed by atoms with van der Waals surface area (Å²) in [6.07, 6.45) is 0. The molecule has 0 aliphatic heterocycles. The molecule has 4 nitrogen and oxygen atoms in total. The van der Waals surface area contributed by atoms with Crippen LogP contribution in [0.1, 0.15) is 6.92 Å². The molecule has 104 valence electrons. The summed E-state index contributed by atoms with van der Waals surface area (Å²) in [7, 11) is 0. The molecule has 6 heteroatoms. The van der Waals surface area contributed by atoms with E-state index in [2.05, 4.69) is 5.32 Å². The number of carbonyl (C=O) groups excluding carboxylic acids is 1. The van der Waals surface area contributed by atoms with E-state index in [0.29, 0.717) is 5.75 Å².